The molecule has 2 aromatic carbocycles. The Kier molecular flexibility index (Phi) is 4.95. The van der Waals surface area contributed by atoms with Gasteiger partial charge in [0.15, 0.2) is 0 Å². The van der Waals surface area contributed by atoms with Crippen molar-refractivity contribution in [2.24, 2.45) is 0 Å². The highest BCUT2D eigenvalue weighted by atomic mass is 79.9. The number of halogens is 1. The van der Waals surface area contributed by atoms with Crippen LogP contribution in [-0.4, -0.2) is 26.5 Å². The lowest BCUT2D eigenvalue weighted by atomic mass is 9.95. The molecule has 2 heterocycles. The maximum atomic E-state index is 4.93. The maximum absolute atomic E-state index is 4.93. The van der Waals surface area contributed by atoms with Crippen molar-refractivity contribution in [2.75, 3.05) is 6.54 Å². The molecule has 1 saturated carbocycles. The average molecular weight is 437 g/mol. The molecule has 0 aliphatic heterocycles. The lowest BCUT2D eigenvalue weighted by Crippen LogP contribution is -2.33. The molecule has 0 radical (unpaired) electrons. The topological polar surface area (TPSA) is 34.3 Å². The largest absolute Gasteiger partial charge is 0.312 e. The molecule has 4 aromatic rings. The first-order valence-corrected chi connectivity index (χ1v) is 11.0. The van der Waals surface area contributed by atoms with E-state index in [-0.39, 0.29) is 0 Å². The molecule has 5 heteroatoms. The monoisotopic (exact) mass is 436 g/mol. The minimum absolute atomic E-state index is 0.676. The molecular formula is C23H25BrN4. The molecule has 1 fully saturated rings. The van der Waals surface area contributed by atoms with Crippen molar-refractivity contribution >= 4 is 32.7 Å². The quantitative estimate of drug-likeness (QED) is 0.439. The van der Waals surface area contributed by atoms with Gasteiger partial charge >= 0.3 is 0 Å². The normalized spacial score (nSPS) is 15.6. The van der Waals surface area contributed by atoms with Crippen molar-refractivity contribution < 1.29 is 0 Å². The second-order valence-corrected chi connectivity index (χ2v) is 8.65. The van der Waals surface area contributed by atoms with Crippen molar-refractivity contribution in [3.05, 3.63) is 59.2 Å². The minimum atomic E-state index is 0.676. The first kappa shape index (κ1) is 18.0. The lowest BCUT2D eigenvalue weighted by Gasteiger charge is -2.23. The Bertz CT molecular complexity index is 1090. The van der Waals surface area contributed by atoms with Crippen LogP contribution in [-0.2, 0) is 6.54 Å². The molecule has 5 rings (SSSR count). The summed E-state index contributed by atoms with van der Waals surface area (Å²) >= 11 is 3.55. The summed E-state index contributed by atoms with van der Waals surface area (Å²) in [5, 5.41) is 3.78. The number of hydrogen-bond acceptors (Lipinski definition) is 2. The zero-order valence-corrected chi connectivity index (χ0v) is 17.5. The number of nitrogens with zero attached hydrogens (tertiary/aromatic N) is 3. The van der Waals surface area contributed by atoms with Crippen molar-refractivity contribution in [3.63, 3.8) is 0 Å². The van der Waals surface area contributed by atoms with E-state index in [1.54, 1.807) is 0 Å². The highest BCUT2D eigenvalue weighted by molar-refractivity contribution is 9.10. The van der Waals surface area contributed by atoms with Crippen LogP contribution < -0.4 is 5.32 Å². The molecule has 4 nitrogen and oxygen atoms in total. The van der Waals surface area contributed by atoms with Crippen molar-refractivity contribution in [1.29, 1.82) is 0 Å². The van der Waals surface area contributed by atoms with Crippen molar-refractivity contribution in [2.45, 2.75) is 44.7 Å². The summed E-state index contributed by atoms with van der Waals surface area (Å²) < 4.78 is 5.69. The van der Waals surface area contributed by atoms with Crippen LogP contribution in [0, 0.1) is 0 Å². The Labute approximate surface area is 173 Å². The Hall–Kier alpha value is -2.11. The van der Waals surface area contributed by atoms with E-state index >= 15 is 0 Å². The van der Waals surface area contributed by atoms with Gasteiger partial charge in [0.2, 0.25) is 5.78 Å². The van der Waals surface area contributed by atoms with Crippen LogP contribution in [0.1, 0.15) is 32.1 Å². The van der Waals surface area contributed by atoms with E-state index in [9.17, 15) is 0 Å². The van der Waals surface area contributed by atoms with Gasteiger partial charge < -0.3 is 9.88 Å². The molecule has 0 spiro atoms. The van der Waals surface area contributed by atoms with Crippen molar-refractivity contribution in [3.8, 4) is 11.3 Å². The molecule has 0 atom stereocenters. The van der Waals surface area contributed by atoms with Gasteiger partial charge in [-0.05, 0) is 42.7 Å². The summed E-state index contributed by atoms with van der Waals surface area (Å²) in [5.74, 6) is 1.02. The summed E-state index contributed by atoms with van der Waals surface area (Å²) in [6.07, 6.45) is 8.98. The summed E-state index contributed by atoms with van der Waals surface area (Å²) in [6.45, 7) is 1.89. The second kappa shape index (κ2) is 7.72. The van der Waals surface area contributed by atoms with E-state index in [0.29, 0.717) is 6.04 Å². The summed E-state index contributed by atoms with van der Waals surface area (Å²) in [4.78, 5) is 4.93. The van der Waals surface area contributed by atoms with Gasteiger partial charge in [-0.3, -0.25) is 4.40 Å². The number of rotatable bonds is 5. The van der Waals surface area contributed by atoms with E-state index in [0.717, 1.165) is 34.4 Å². The van der Waals surface area contributed by atoms with Crippen LogP contribution in [0.5, 0.6) is 0 Å². The van der Waals surface area contributed by atoms with Crippen LogP contribution in [0.3, 0.4) is 0 Å². The van der Waals surface area contributed by atoms with E-state index < -0.39 is 0 Å². The minimum Gasteiger partial charge on any atom is -0.312 e. The summed E-state index contributed by atoms with van der Waals surface area (Å²) in [6, 6.07) is 17.6. The molecule has 28 heavy (non-hydrogen) atoms. The zero-order chi connectivity index (χ0) is 18.9. The maximum Gasteiger partial charge on any atom is 0.215 e. The molecule has 0 saturated heterocycles. The van der Waals surface area contributed by atoms with E-state index in [2.05, 4.69) is 84.9 Å². The molecule has 144 valence electrons. The second-order valence-electron chi connectivity index (χ2n) is 7.73. The number of aromatic nitrogens is 3. The third kappa shape index (κ3) is 3.38. The third-order valence-electron chi connectivity index (χ3n) is 5.87. The van der Waals surface area contributed by atoms with E-state index in [1.807, 2.05) is 0 Å². The molecule has 0 unspecified atom stereocenters. The fraction of sp³-hybridized carbons (Fsp3) is 0.348. The van der Waals surface area contributed by atoms with Crippen molar-refractivity contribution in [1.82, 2.24) is 19.3 Å². The van der Waals surface area contributed by atoms with Gasteiger partial charge in [-0.2, -0.15) is 0 Å². The predicted octanol–water partition coefficient (Wildman–Crippen LogP) is 5.64. The zero-order valence-electron chi connectivity index (χ0n) is 15.9. The Morgan fingerprint density at radius 3 is 2.61 bits per heavy atom. The summed E-state index contributed by atoms with van der Waals surface area (Å²) in [5.41, 5.74) is 4.64. The fourth-order valence-electron chi connectivity index (χ4n) is 4.41. The molecule has 1 N–H and O–H groups in total. The van der Waals surface area contributed by atoms with Gasteiger partial charge in [-0.25, -0.2) is 4.98 Å². The number of para-hydroxylation sites is 2. The lowest BCUT2D eigenvalue weighted by molar-refractivity contribution is 0.369. The highest BCUT2D eigenvalue weighted by Crippen LogP contribution is 2.27. The van der Waals surface area contributed by atoms with E-state index in [1.165, 1.54) is 43.4 Å². The van der Waals surface area contributed by atoms with Crippen LogP contribution in [0.2, 0.25) is 0 Å². The Balaban J connectivity index is 1.51. The molecular weight excluding hydrogens is 412 g/mol. The molecule has 0 amide bonds. The number of nitrogens with one attached hydrogen (secondary N) is 1. The smallest absolute Gasteiger partial charge is 0.215 e. The molecule has 1 aliphatic rings. The SMILES string of the molecule is Brc1ccc(-c2cn3c4ccccc4nc3n2CCNC2CCCCC2)cc1. The van der Waals surface area contributed by atoms with Crippen LogP contribution >= 0.6 is 15.9 Å². The first-order chi connectivity index (χ1) is 13.8. The van der Waals surface area contributed by atoms with E-state index in [4.69, 9.17) is 4.98 Å². The standard InChI is InChI=1S/C23H25BrN4/c24-18-12-10-17(11-13-18)22-16-28-21-9-5-4-8-20(21)26-23(28)27(22)15-14-25-19-6-2-1-3-7-19/h4-5,8-13,16,19,25H,1-3,6-7,14-15H2. The number of fused-ring (bicyclic) bond motifs is 3. The number of imidazole rings is 2. The Morgan fingerprint density at radius 1 is 1.00 bits per heavy atom. The van der Waals surface area contributed by atoms with Crippen LogP contribution in [0.4, 0.5) is 0 Å². The number of benzene rings is 2. The highest BCUT2D eigenvalue weighted by Gasteiger charge is 2.17. The molecule has 2 aromatic heterocycles. The molecule has 0 bridgehead atoms. The van der Waals surface area contributed by atoms with Gasteiger partial charge in [0.05, 0.1) is 16.7 Å². The predicted molar refractivity (Wildman–Crippen MR) is 119 cm³/mol. The average Bonchev–Trinajstić information content (AvgIpc) is 3.26. The molecule has 1 aliphatic carbocycles. The van der Waals surface area contributed by atoms with Gasteiger partial charge in [0.25, 0.3) is 0 Å². The first-order valence-electron chi connectivity index (χ1n) is 10.3. The summed E-state index contributed by atoms with van der Waals surface area (Å²) in [7, 11) is 0. The van der Waals surface area contributed by atoms with Gasteiger partial charge in [0, 0.05) is 29.8 Å². The third-order valence-corrected chi connectivity index (χ3v) is 6.40. The Morgan fingerprint density at radius 2 is 1.79 bits per heavy atom. The van der Waals surface area contributed by atoms with Crippen LogP contribution in [0.25, 0.3) is 28.1 Å². The van der Waals surface area contributed by atoms with Gasteiger partial charge in [0.1, 0.15) is 0 Å². The number of hydrogen-bond donors (Lipinski definition) is 1. The van der Waals surface area contributed by atoms with Gasteiger partial charge in [-0.15, -0.1) is 0 Å². The van der Waals surface area contributed by atoms with Gasteiger partial charge in [-0.1, -0.05) is 59.5 Å². The van der Waals surface area contributed by atoms with Crippen LogP contribution in [0.15, 0.2) is 59.2 Å². The fourth-order valence-corrected chi connectivity index (χ4v) is 4.67.